The lowest BCUT2D eigenvalue weighted by molar-refractivity contribution is 0.0755. The summed E-state index contributed by atoms with van der Waals surface area (Å²) in [6.07, 6.45) is 4.95. The van der Waals surface area contributed by atoms with Crippen LogP contribution in [0.1, 0.15) is 6.42 Å². The maximum absolute atomic E-state index is 4.72. The number of rotatable bonds is 2. The third-order valence-corrected chi connectivity index (χ3v) is 0.832. The highest BCUT2D eigenvalue weighted by Gasteiger charge is 2.08. The average Bonchev–Trinajstić information content (AvgIpc) is 2.19. The van der Waals surface area contributed by atoms with Gasteiger partial charge in [-0.3, -0.25) is 0 Å². The zero-order valence-electron chi connectivity index (χ0n) is 4.42. The van der Waals surface area contributed by atoms with Crippen molar-refractivity contribution < 1.29 is 4.84 Å². The number of hydrogen-bond donors (Lipinski definition) is 1. The Kier molecular flexibility index (Phi) is 1.51. The molecule has 0 aromatic rings. The van der Waals surface area contributed by atoms with Crippen molar-refractivity contribution in [3.05, 3.63) is 12.7 Å². The lowest BCUT2D eigenvalue weighted by Gasteiger charge is -2.02. The van der Waals surface area contributed by atoms with Crippen molar-refractivity contribution >= 4 is 6.34 Å². The van der Waals surface area contributed by atoms with E-state index >= 15 is 0 Å². The highest BCUT2D eigenvalue weighted by atomic mass is 16.7. The highest BCUT2D eigenvalue weighted by molar-refractivity contribution is 5.54. The maximum Gasteiger partial charge on any atom is 0.214 e. The van der Waals surface area contributed by atoms with Crippen LogP contribution in [0.25, 0.3) is 0 Å². The van der Waals surface area contributed by atoms with E-state index in [0.717, 1.165) is 6.42 Å². The molecule has 1 N–H and O–H groups in total. The zero-order chi connectivity index (χ0) is 5.82. The van der Waals surface area contributed by atoms with E-state index in [0.29, 0.717) is 0 Å². The van der Waals surface area contributed by atoms with Gasteiger partial charge in [0, 0.05) is 6.42 Å². The molecule has 0 bridgehead atoms. The molecular formula is C5H7N2O. The molecule has 1 atom stereocenters. The summed E-state index contributed by atoms with van der Waals surface area (Å²) in [4.78, 5) is 4.72. The molecule has 1 radical (unpaired) electrons. The molecule has 8 heavy (non-hydrogen) atoms. The third-order valence-electron chi connectivity index (χ3n) is 0.832. The first-order chi connectivity index (χ1) is 3.93. The van der Waals surface area contributed by atoms with Crippen LogP contribution in [0.2, 0.25) is 0 Å². The second kappa shape index (κ2) is 2.35. The van der Waals surface area contributed by atoms with Gasteiger partial charge < -0.3 is 10.2 Å². The summed E-state index contributed by atoms with van der Waals surface area (Å²) in [6, 6.07) is 0. The monoisotopic (exact) mass is 111 g/mol. The predicted octanol–water partition coefficient (Wildman–Crippen LogP) is 0.329. The van der Waals surface area contributed by atoms with Crippen LogP contribution in [-0.2, 0) is 4.84 Å². The minimum Gasteiger partial charge on any atom is -0.368 e. The Morgan fingerprint density at radius 1 is 2.00 bits per heavy atom. The van der Waals surface area contributed by atoms with Crippen molar-refractivity contribution in [2.75, 3.05) is 0 Å². The number of hydrogen-bond acceptors (Lipinski definition) is 3. The van der Waals surface area contributed by atoms with Crippen molar-refractivity contribution in [1.82, 2.24) is 5.32 Å². The van der Waals surface area contributed by atoms with Crippen molar-refractivity contribution in [1.29, 1.82) is 0 Å². The number of nitrogens with zero attached hydrogens (tertiary/aromatic N) is 1. The van der Waals surface area contributed by atoms with Crippen molar-refractivity contribution in [3.8, 4) is 0 Å². The summed E-state index contributed by atoms with van der Waals surface area (Å²) < 4.78 is 0. The topological polar surface area (TPSA) is 33.6 Å². The molecule has 0 aliphatic carbocycles. The van der Waals surface area contributed by atoms with E-state index in [9.17, 15) is 0 Å². The molecule has 0 amide bonds. The SMILES string of the molecule is C=CCC1N[C]=NO1. The van der Waals surface area contributed by atoms with Gasteiger partial charge in [-0.1, -0.05) is 11.2 Å². The molecule has 3 nitrogen and oxygen atoms in total. The summed E-state index contributed by atoms with van der Waals surface area (Å²) in [5.41, 5.74) is 0. The highest BCUT2D eigenvalue weighted by Crippen LogP contribution is 1.97. The average molecular weight is 111 g/mol. The summed E-state index contributed by atoms with van der Waals surface area (Å²) in [7, 11) is 0. The van der Waals surface area contributed by atoms with E-state index < -0.39 is 0 Å². The van der Waals surface area contributed by atoms with Crippen LogP contribution < -0.4 is 5.32 Å². The predicted molar refractivity (Wildman–Crippen MR) is 30.3 cm³/mol. The zero-order valence-corrected chi connectivity index (χ0v) is 4.42. The molecule has 0 aromatic heterocycles. The Hall–Kier alpha value is -0.990. The fourth-order valence-electron chi connectivity index (χ4n) is 0.468. The van der Waals surface area contributed by atoms with Gasteiger partial charge >= 0.3 is 0 Å². The molecule has 43 valence electrons. The summed E-state index contributed by atoms with van der Waals surface area (Å²) in [5.74, 6) is 0. The first kappa shape index (κ1) is 5.15. The van der Waals surface area contributed by atoms with Crippen LogP contribution in [0.5, 0.6) is 0 Å². The van der Waals surface area contributed by atoms with Crippen molar-refractivity contribution in [2.24, 2.45) is 5.16 Å². The Bertz CT molecular complexity index is 103. The largest absolute Gasteiger partial charge is 0.368 e. The molecule has 1 unspecified atom stereocenters. The van der Waals surface area contributed by atoms with E-state index in [-0.39, 0.29) is 6.23 Å². The van der Waals surface area contributed by atoms with Gasteiger partial charge in [-0.25, -0.2) is 0 Å². The van der Waals surface area contributed by atoms with Crippen LogP contribution >= 0.6 is 0 Å². The van der Waals surface area contributed by atoms with Gasteiger partial charge in [0.05, 0.1) is 0 Å². The lowest BCUT2D eigenvalue weighted by atomic mass is 10.4. The number of nitrogens with one attached hydrogen (secondary N) is 1. The second-order valence-corrected chi connectivity index (χ2v) is 1.47. The molecule has 0 saturated heterocycles. The third kappa shape index (κ3) is 0.992. The van der Waals surface area contributed by atoms with Gasteiger partial charge in [-0.15, -0.1) is 6.58 Å². The molecule has 1 aliphatic heterocycles. The summed E-state index contributed by atoms with van der Waals surface area (Å²) in [5, 5.41) is 6.12. The molecule has 0 spiro atoms. The van der Waals surface area contributed by atoms with Gasteiger partial charge in [0.1, 0.15) is 0 Å². The van der Waals surface area contributed by atoms with E-state index in [4.69, 9.17) is 4.84 Å². The van der Waals surface area contributed by atoms with Gasteiger partial charge in [-0.2, -0.15) is 0 Å². The molecule has 3 heteroatoms. The fourth-order valence-corrected chi connectivity index (χ4v) is 0.468. The molecular weight excluding hydrogens is 104 g/mol. The summed E-state index contributed by atoms with van der Waals surface area (Å²) in [6.45, 7) is 3.53. The Morgan fingerprint density at radius 2 is 2.88 bits per heavy atom. The molecule has 1 heterocycles. The van der Waals surface area contributed by atoms with Gasteiger partial charge in [-0.05, 0) is 0 Å². The molecule has 1 aliphatic rings. The first-order valence-corrected chi connectivity index (χ1v) is 2.41. The Balaban J connectivity index is 2.19. The normalized spacial score (nSPS) is 24.2. The van der Waals surface area contributed by atoms with Crippen LogP contribution in [0, 0.1) is 0 Å². The quantitative estimate of drug-likeness (QED) is 0.521. The van der Waals surface area contributed by atoms with E-state index in [2.05, 4.69) is 23.4 Å². The molecule has 0 saturated carbocycles. The van der Waals surface area contributed by atoms with Crippen LogP contribution in [0.4, 0.5) is 0 Å². The minimum absolute atomic E-state index is 0.0347. The Morgan fingerprint density at radius 3 is 3.38 bits per heavy atom. The van der Waals surface area contributed by atoms with Crippen LogP contribution in [-0.4, -0.2) is 12.6 Å². The minimum atomic E-state index is -0.0347. The summed E-state index contributed by atoms with van der Waals surface area (Å²) >= 11 is 0. The first-order valence-electron chi connectivity index (χ1n) is 2.41. The molecule has 0 fully saturated rings. The van der Waals surface area contributed by atoms with Gasteiger partial charge in [0.25, 0.3) is 0 Å². The van der Waals surface area contributed by atoms with Crippen LogP contribution in [0.3, 0.4) is 0 Å². The van der Waals surface area contributed by atoms with Crippen LogP contribution in [0.15, 0.2) is 17.8 Å². The second-order valence-electron chi connectivity index (χ2n) is 1.47. The molecule has 0 aromatic carbocycles. The maximum atomic E-state index is 4.72. The smallest absolute Gasteiger partial charge is 0.214 e. The Labute approximate surface area is 48.0 Å². The van der Waals surface area contributed by atoms with Gasteiger partial charge in [0.15, 0.2) is 0 Å². The fraction of sp³-hybridized carbons (Fsp3) is 0.400. The van der Waals surface area contributed by atoms with E-state index in [1.807, 2.05) is 0 Å². The van der Waals surface area contributed by atoms with E-state index in [1.54, 1.807) is 6.08 Å². The van der Waals surface area contributed by atoms with E-state index in [1.165, 1.54) is 0 Å². The lowest BCUT2D eigenvalue weighted by Crippen LogP contribution is -2.21. The van der Waals surface area contributed by atoms with Crippen molar-refractivity contribution in [3.63, 3.8) is 0 Å². The molecule has 1 rings (SSSR count). The standard InChI is InChI=1S/C5H7N2O/c1-2-3-5-6-4-7-8-5/h2,5H,1,3H2,(H,6,7). The van der Waals surface area contributed by atoms with Crippen molar-refractivity contribution in [2.45, 2.75) is 12.6 Å². The van der Waals surface area contributed by atoms with Gasteiger partial charge in [0.2, 0.25) is 12.6 Å².